The van der Waals surface area contributed by atoms with Crippen LogP contribution in [0.1, 0.15) is 37.7 Å². The molecule has 27 heavy (non-hydrogen) atoms. The minimum absolute atomic E-state index is 0.418. The van der Waals surface area contributed by atoms with E-state index < -0.39 is 16.4 Å². The average molecular weight is 364 g/mol. The predicted octanol–water partition coefficient (Wildman–Crippen LogP) is 5.56. The molecule has 0 radical (unpaired) electrons. The molecule has 0 aliphatic heterocycles. The molecule has 0 saturated heterocycles. The Balaban J connectivity index is 1.25. The fourth-order valence-corrected chi connectivity index (χ4v) is 7.46. The van der Waals surface area contributed by atoms with Crippen molar-refractivity contribution in [2.75, 3.05) is 5.32 Å². The summed E-state index contributed by atoms with van der Waals surface area (Å²) in [6.45, 7) is 0. The van der Waals surface area contributed by atoms with Gasteiger partial charge in [0.1, 0.15) is 0 Å². The highest BCUT2D eigenvalue weighted by Crippen LogP contribution is 2.86. The smallest absolute Gasteiger partial charge is 0.304 e. The molecule has 2 bridgehead atoms. The maximum atomic E-state index is 13.8. The summed E-state index contributed by atoms with van der Waals surface area (Å²) in [4.78, 5) is 10.0. The molecule has 138 valence electrons. The van der Waals surface area contributed by atoms with Crippen molar-refractivity contribution in [3.05, 3.63) is 64.0 Å². The molecule has 1 N–H and O–H groups in total. The molecule has 4 aliphatic rings. The van der Waals surface area contributed by atoms with E-state index in [1.54, 1.807) is 0 Å². The van der Waals surface area contributed by atoms with E-state index in [0.29, 0.717) is 16.5 Å². The number of fused-ring (bicyclic) bond motifs is 1. The van der Waals surface area contributed by atoms with Crippen molar-refractivity contribution in [2.24, 2.45) is 23.2 Å². The first-order valence-electron chi connectivity index (χ1n) is 9.83. The third-order valence-electron chi connectivity index (χ3n) is 8.26. The minimum atomic E-state index is -0.821. The van der Waals surface area contributed by atoms with Gasteiger partial charge in [0.2, 0.25) is 5.82 Å². The van der Waals surface area contributed by atoms with Crippen LogP contribution >= 0.6 is 0 Å². The Labute approximate surface area is 156 Å². The molecule has 5 unspecified atom stereocenters. The fourth-order valence-electron chi connectivity index (χ4n) is 7.46. The van der Waals surface area contributed by atoms with E-state index in [4.69, 9.17) is 0 Å². The van der Waals surface area contributed by atoms with Gasteiger partial charge in [0.05, 0.1) is 4.92 Å². The number of nitro benzene ring substituents is 1. The highest BCUT2D eigenvalue weighted by Gasteiger charge is 2.80. The first-order chi connectivity index (χ1) is 13.0. The van der Waals surface area contributed by atoms with Gasteiger partial charge < -0.3 is 5.32 Å². The molecule has 0 aromatic heterocycles. The number of nitrogens with zero attached hydrogens (tertiary/aromatic N) is 1. The van der Waals surface area contributed by atoms with Crippen LogP contribution in [-0.4, -0.2) is 4.92 Å². The Morgan fingerprint density at radius 2 is 1.78 bits per heavy atom. The SMILES string of the molecule is O=[N+]([O-])c1ccc(Nc2ccc(C34CC5CC6CC(C3)C64C5)cc2)cc1F. The number of benzene rings is 2. The number of nitro groups is 1. The van der Waals surface area contributed by atoms with Crippen LogP contribution < -0.4 is 5.32 Å². The standard InChI is InChI=1S/C22H21FN2O2/c23-19-9-18(5-6-20(19)25(26)27)24-17-3-1-14(2-4-17)21-10-13-7-15-8-16(12-21)22(15,21)11-13/h1-6,9,13,15-16,24H,7-8,10-12H2. The molecule has 5 heteroatoms. The van der Waals surface area contributed by atoms with Gasteiger partial charge in [-0.3, -0.25) is 10.1 Å². The molecule has 4 nitrogen and oxygen atoms in total. The Hall–Kier alpha value is -2.43. The van der Waals surface area contributed by atoms with E-state index >= 15 is 0 Å². The highest BCUT2D eigenvalue weighted by atomic mass is 19.1. The van der Waals surface area contributed by atoms with Gasteiger partial charge in [-0.2, -0.15) is 4.39 Å². The molecule has 4 aliphatic carbocycles. The monoisotopic (exact) mass is 364 g/mol. The lowest BCUT2D eigenvalue weighted by atomic mass is 9.31. The van der Waals surface area contributed by atoms with Crippen LogP contribution in [0.15, 0.2) is 42.5 Å². The Morgan fingerprint density at radius 3 is 2.44 bits per heavy atom. The van der Waals surface area contributed by atoms with E-state index in [1.807, 2.05) is 0 Å². The van der Waals surface area contributed by atoms with Gasteiger partial charge in [-0.25, -0.2) is 0 Å². The summed E-state index contributed by atoms with van der Waals surface area (Å²) in [5.74, 6) is 2.05. The predicted molar refractivity (Wildman–Crippen MR) is 100 cm³/mol. The van der Waals surface area contributed by atoms with Crippen molar-refractivity contribution in [3.8, 4) is 0 Å². The molecule has 1 spiro atoms. The highest BCUT2D eigenvalue weighted by molar-refractivity contribution is 5.62. The van der Waals surface area contributed by atoms with Gasteiger partial charge >= 0.3 is 5.69 Å². The summed E-state index contributed by atoms with van der Waals surface area (Å²) >= 11 is 0. The van der Waals surface area contributed by atoms with Crippen LogP contribution in [0.25, 0.3) is 0 Å². The van der Waals surface area contributed by atoms with Gasteiger partial charge in [0.25, 0.3) is 0 Å². The van der Waals surface area contributed by atoms with Crippen LogP contribution in [0, 0.1) is 39.1 Å². The molecule has 4 saturated carbocycles. The lowest BCUT2D eigenvalue weighted by Crippen LogP contribution is -2.68. The number of nitrogens with one attached hydrogen (secondary N) is 1. The number of rotatable bonds is 4. The van der Waals surface area contributed by atoms with Crippen molar-refractivity contribution in [1.82, 2.24) is 0 Å². The van der Waals surface area contributed by atoms with Crippen molar-refractivity contribution >= 4 is 17.1 Å². The zero-order valence-corrected chi connectivity index (χ0v) is 15.0. The third-order valence-corrected chi connectivity index (χ3v) is 8.26. The van der Waals surface area contributed by atoms with Gasteiger partial charge in [-0.1, -0.05) is 12.1 Å². The summed E-state index contributed by atoms with van der Waals surface area (Å²) in [6, 6.07) is 12.5. The first kappa shape index (κ1) is 15.6. The summed E-state index contributed by atoms with van der Waals surface area (Å²) < 4.78 is 13.8. The molecular weight excluding hydrogens is 343 g/mol. The van der Waals surface area contributed by atoms with Crippen LogP contribution in [0.5, 0.6) is 0 Å². The zero-order valence-electron chi connectivity index (χ0n) is 15.0. The zero-order chi connectivity index (χ0) is 18.4. The first-order valence-corrected chi connectivity index (χ1v) is 9.83. The molecule has 0 heterocycles. The average Bonchev–Trinajstić information content (AvgIpc) is 3.11. The van der Waals surface area contributed by atoms with Crippen LogP contribution in [0.4, 0.5) is 21.5 Å². The second kappa shape index (κ2) is 4.89. The van der Waals surface area contributed by atoms with Crippen molar-refractivity contribution < 1.29 is 9.31 Å². The topological polar surface area (TPSA) is 55.2 Å². The van der Waals surface area contributed by atoms with Crippen LogP contribution in [-0.2, 0) is 5.41 Å². The van der Waals surface area contributed by atoms with Gasteiger partial charge in [0, 0.05) is 28.9 Å². The maximum Gasteiger partial charge on any atom is 0.304 e. The molecule has 5 atom stereocenters. The van der Waals surface area contributed by atoms with Crippen molar-refractivity contribution in [2.45, 2.75) is 37.5 Å². The number of hydrogen-bond donors (Lipinski definition) is 1. The second-order valence-corrected chi connectivity index (χ2v) is 9.09. The van der Waals surface area contributed by atoms with Crippen molar-refractivity contribution in [1.29, 1.82) is 0 Å². The second-order valence-electron chi connectivity index (χ2n) is 9.09. The van der Waals surface area contributed by atoms with Gasteiger partial charge in [-0.15, -0.1) is 0 Å². The number of anilines is 2. The van der Waals surface area contributed by atoms with E-state index in [0.717, 1.165) is 23.4 Å². The van der Waals surface area contributed by atoms with Crippen LogP contribution in [0.3, 0.4) is 0 Å². The van der Waals surface area contributed by atoms with Gasteiger partial charge in [-0.05, 0) is 79.0 Å². The molecule has 4 fully saturated rings. The summed E-state index contributed by atoms with van der Waals surface area (Å²) in [7, 11) is 0. The summed E-state index contributed by atoms with van der Waals surface area (Å²) in [6.07, 6.45) is 7.10. The molecule has 2 aromatic carbocycles. The van der Waals surface area contributed by atoms with E-state index in [2.05, 4.69) is 29.6 Å². The molecule has 0 amide bonds. The Kier molecular flexibility index (Phi) is 2.83. The number of halogens is 1. The van der Waals surface area contributed by atoms with E-state index in [1.165, 1.54) is 55.9 Å². The quantitative estimate of drug-likeness (QED) is 0.571. The Morgan fingerprint density at radius 1 is 1.00 bits per heavy atom. The Bertz CT molecular complexity index is 975. The van der Waals surface area contributed by atoms with Crippen molar-refractivity contribution in [3.63, 3.8) is 0 Å². The van der Waals surface area contributed by atoms with Gasteiger partial charge in [0.15, 0.2) is 0 Å². The van der Waals surface area contributed by atoms with E-state index in [-0.39, 0.29) is 0 Å². The fraction of sp³-hybridized carbons (Fsp3) is 0.455. The maximum absolute atomic E-state index is 13.8. The minimum Gasteiger partial charge on any atom is -0.355 e. The lowest BCUT2D eigenvalue weighted by molar-refractivity contribution is -0.387. The third kappa shape index (κ3) is 1.78. The van der Waals surface area contributed by atoms with E-state index in [9.17, 15) is 14.5 Å². The lowest BCUT2D eigenvalue weighted by Gasteiger charge is -2.73. The molecule has 6 rings (SSSR count). The molecular formula is C22H21FN2O2. The normalized spacial score (nSPS) is 37.3. The largest absolute Gasteiger partial charge is 0.355 e. The molecule has 2 aromatic rings. The van der Waals surface area contributed by atoms with Crippen LogP contribution in [0.2, 0.25) is 0 Å². The summed E-state index contributed by atoms with van der Waals surface area (Å²) in [5, 5.41) is 13.9. The summed E-state index contributed by atoms with van der Waals surface area (Å²) in [5.41, 5.74) is 3.41. The number of hydrogen-bond acceptors (Lipinski definition) is 3.